The fourth-order valence-electron chi connectivity index (χ4n) is 1.61. The van der Waals surface area contributed by atoms with Crippen LogP contribution in [0.15, 0.2) is 35.3 Å². The molecule has 1 heterocycles. The lowest BCUT2D eigenvalue weighted by atomic mass is 9.96. The van der Waals surface area contributed by atoms with Crippen LogP contribution in [0.3, 0.4) is 0 Å². The zero-order valence-corrected chi connectivity index (χ0v) is 8.57. The van der Waals surface area contributed by atoms with Crippen LogP contribution in [0.4, 0.5) is 13.2 Å². The minimum atomic E-state index is -4.49. The van der Waals surface area contributed by atoms with E-state index in [1.54, 1.807) is 6.07 Å². The number of amidine groups is 1. The quantitative estimate of drug-likeness (QED) is 0.777. The molecule has 0 radical (unpaired) electrons. The number of guanidine groups is 1. The van der Waals surface area contributed by atoms with E-state index in [1.165, 1.54) is 24.3 Å². The van der Waals surface area contributed by atoms with Gasteiger partial charge in [-0.15, -0.1) is 0 Å². The first-order valence-electron chi connectivity index (χ1n) is 4.75. The van der Waals surface area contributed by atoms with Crippen molar-refractivity contribution in [3.05, 3.63) is 35.9 Å². The van der Waals surface area contributed by atoms with Gasteiger partial charge in [0, 0.05) is 0 Å². The molecule has 0 saturated heterocycles. The van der Waals surface area contributed by atoms with Crippen molar-refractivity contribution in [2.75, 3.05) is 0 Å². The summed E-state index contributed by atoms with van der Waals surface area (Å²) in [5, 5.41) is 7.72. The average molecular weight is 242 g/mol. The Morgan fingerprint density at radius 3 is 2.24 bits per heavy atom. The Morgan fingerprint density at radius 1 is 1.24 bits per heavy atom. The van der Waals surface area contributed by atoms with E-state index in [-0.39, 0.29) is 17.4 Å². The number of nitrogens with zero attached hydrogens (tertiary/aromatic N) is 2. The van der Waals surface area contributed by atoms with Crippen molar-refractivity contribution in [3.8, 4) is 0 Å². The van der Waals surface area contributed by atoms with Gasteiger partial charge in [0.2, 0.25) is 5.96 Å². The molecule has 0 bridgehead atoms. The molecule has 1 unspecified atom stereocenters. The fourth-order valence-corrected chi connectivity index (χ4v) is 1.61. The first-order chi connectivity index (χ1) is 7.91. The van der Waals surface area contributed by atoms with Gasteiger partial charge in [0.25, 0.3) is 0 Å². The van der Waals surface area contributed by atoms with Gasteiger partial charge < -0.3 is 0 Å². The van der Waals surface area contributed by atoms with Crippen molar-refractivity contribution in [2.24, 2.45) is 10.8 Å². The molecule has 2 rings (SSSR count). The molecule has 1 aromatic rings. The number of rotatable bonds is 2. The molecule has 17 heavy (non-hydrogen) atoms. The minimum absolute atomic E-state index is 0.0571. The number of aliphatic imine (C=N–C) groups is 1. The number of alkyl halides is 3. The summed E-state index contributed by atoms with van der Waals surface area (Å²) in [6.45, 7) is 0. The first-order valence-corrected chi connectivity index (χ1v) is 4.75. The van der Waals surface area contributed by atoms with Crippen LogP contribution in [0, 0.1) is 5.41 Å². The van der Waals surface area contributed by atoms with Gasteiger partial charge in [0.05, 0.1) is 0 Å². The number of nitrogens with one attached hydrogen (secondary N) is 1. The van der Waals surface area contributed by atoms with Crippen LogP contribution >= 0.6 is 0 Å². The lowest BCUT2D eigenvalue weighted by Gasteiger charge is -2.33. The molecule has 0 aromatic heterocycles. The Balaban J connectivity index is 2.42. The zero-order valence-electron chi connectivity index (χ0n) is 8.57. The summed E-state index contributed by atoms with van der Waals surface area (Å²) in [4.78, 5) is 3.43. The monoisotopic (exact) mass is 242 g/mol. The van der Waals surface area contributed by atoms with Crippen molar-refractivity contribution < 1.29 is 13.2 Å². The summed E-state index contributed by atoms with van der Waals surface area (Å²) in [7, 11) is 0. The smallest absolute Gasteiger partial charge is 0.266 e. The van der Waals surface area contributed by atoms with Gasteiger partial charge in [0.1, 0.15) is 11.8 Å². The van der Waals surface area contributed by atoms with Gasteiger partial charge in [-0.25, -0.2) is 10.9 Å². The van der Waals surface area contributed by atoms with Crippen molar-refractivity contribution in [1.82, 2.24) is 5.01 Å². The van der Waals surface area contributed by atoms with E-state index in [0.29, 0.717) is 5.01 Å². The molecular weight excluding hydrogens is 233 g/mol. The molecule has 90 valence electrons. The maximum atomic E-state index is 12.9. The van der Waals surface area contributed by atoms with Crippen molar-refractivity contribution in [1.29, 1.82) is 5.41 Å². The summed E-state index contributed by atoms with van der Waals surface area (Å²) < 4.78 is 38.8. The number of benzene rings is 1. The Kier molecular flexibility index (Phi) is 2.62. The second-order valence-electron chi connectivity index (χ2n) is 3.55. The van der Waals surface area contributed by atoms with Gasteiger partial charge >= 0.3 is 6.18 Å². The highest BCUT2D eigenvalue weighted by molar-refractivity contribution is 6.14. The summed E-state index contributed by atoms with van der Waals surface area (Å²) in [5.74, 6) is 2.67. The molecule has 1 atom stereocenters. The Morgan fingerprint density at radius 2 is 1.82 bits per heavy atom. The van der Waals surface area contributed by atoms with Crippen LogP contribution in [0.1, 0.15) is 11.5 Å². The van der Waals surface area contributed by atoms with E-state index < -0.39 is 12.1 Å². The summed E-state index contributed by atoms with van der Waals surface area (Å²) in [6, 6.07) is 7.37. The molecule has 0 spiro atoms. The van der Waals surface area contributed by atoms with Crippen molar-refractivity contribution in [2.45, 2.75) is 12.1 Å². The first kappa shape index (κ1) is 11.6. The highest BCUT2D eigenvalue weighted by Crippen LogP contribution is 2.38. The standard InChI is InChI=1S/C10H9F3N4/c11-10(12,13)7(6-4-2-1-3-5-6)8-16-9(14)17(8)15/h1-5,7,14H,15H2. The molecule has 4 nitrogen and oxygen atoms in total. The Labute approximate surface area is 95.0 Å². The number of hydrazine groups is 1. The van der Waals surface area contributed by atoms with Crippen molar-refractivity contribution >= 4 is 11.8 Å². The lowest BCUT2D eigenvalue weighted by Crippen LogP contribution is -2.54. The largest absolute Gasteiger partial charge is 0.402 e. The van der Waals surface area contributed by atoms with Crippen LogP contribution in [0.25, 0.3) is 0 Å². The maximum Gasteiger partial charge on any atom is 0.402 e. The minimum Gasteiger partial charge on any atom is -0.266 e. The zero-order chi connectivity index (χ0) is 12.6. The van der Waals surface area contributed by atoms with E-state index in [1.807, 2.05) is 0 Å². The average Bonchev–Trinajstić information content (AvgIpc) is 2.28. The highest BCUT2D eigenvalue weighted by Gasteiger charge is 2.48. The summed E-state index contributed by atoms with van der Waals surface area (Å²) in [5.41, 5.74) is 0.0571. The van der Waals surface area contributed by atoms with Crippen LogP contribution in [0.2, 0.25) is 0 Å². The number of hydrogen-bond acceptors (Lipinski definition) is 2. The topological polar surface area (TPSA) is 65.5 Å². The normalized spacial score (nSPS) is 17.5. The molecule has 1 aliphatic rings. The number of halogens is 3. The summed E-state index contributed by atoms with van der Waals surface area (Å²) >= 11 is 0. The highest BCUT2D eigenvalue weighted by atomic mass is 19.4. The van der Waals surface area contributed by atoms with Gasteiger partial charge in [0.15, 0.2) is 0 Å². The van der Waals surface area contributed by atoms with Crippen molar-refractivity contribution in [3.63, 3.8) is 0 Å². The molecule has 1 aromatic carbocycles. The SMILES string of the molecule is N=C1N=C(C(c2ccccc2)C(F)(F)F)N1N. The van der Waals surface area contributed by atoms with Crippen LogP contribution in [-0.2, 0) is 0 Å². The molecule has 1 aliphatic heterocycles. The Hall–Kier alpha value is -1.89. The molecule has 0 saturated carbocycles. The third-order valence-corrected chi connectivity index (χ3v) is 2.41. The third kappa shape index (κ3) is 2.01. The van der Waals surface area contributed by atoms with Gasteiger partial charge in [-0.3, -0.25) is 5.41 Å². The van der Waals surface area contributed by atoms with Gasteiger partial charge in [-0.1, -0.05) is 30.3 Å². The predicted molar refractivity (Wildman–Crippen MR) is 56.4 cm³/mol. The van der Waals surface area contributed by atoms with Crippen LogP contribution < -0.4 is 5.84 Å². The van der Waals surface area contributed by atoms with E-state index >= 15 is 0 Å². The molecular formula is C10H9F3N4. The van der Waals surface area contributed by atoms with E-state index in [0.717, 1.165) is 0 Å². The van der Waals surface area contributed by atoms with E-state index in [4.69, 9.17) is 11.3 Å². The van der Waals surface area contributed by atoms with E-state index in [9.17, 15) is 13.2 Å². The fraction of sp³-hybridized carbons (Fsp3) is 0.200. The molecule has 0 aliphatic carbocycles. The Bertz CT molecular complexity index is 466. The molecule has 0 amide bonds. The molecule has 3 N–H and O–H groups in total. The number of hydrogen-bond donors (Lipinski definition) is 2. The molecule has 0 fully saturated rings. The summed E-state index contributed by atoms with van der Waals surface area (Å²) in [6.07, 6.45) is -4.49. The van der Waals surface area contributed by atoms with Gasteiger partial charge in [-0.05, 0) is 5.56 Å². The lowest BCUT2D eigenvalue weighted by molar-refractivity contribution is -0.136. The van der Waals surface area contributed by atoms with Gasteiger partial charge in [-0.2, -0.15) is 18.2 Å². The second-order valence-corrected chi connectivity index (χ2v) is 3.55. The predicted octanol–water partition coefficient (Wildman–Crippen LogP) is 1.86. The number of nitrogens with two attached hydrogens (primary N) is 1. The third-order valence-electron chi connectivity index (χ3n) is 2.41. The van der Waals surface area contributed by atoms with E-state index in [2.05, 4.69) is 4.99 Å². The van der Waals surface area contributed by atoms with Crippen LogP contribution in [0.5, 0.6) is 0 Å². The maximum absolute atomic E-state index is 12.9. The van der Waals surface area contributed by atoms with Crippen LogP contribution in [-0.4, -0.2) is 23.0 Å². The molecule has 7 heteroatoms. The second kappa shape index (κ2) is 3.85.